The summed E-state index contributed by atoms with van der Waals surface area (Å²) in [5.74, 6) is -0.0360. The number of carbonyl (C=O) groups is 2. The van der Waals surface area contributed by atoms with Crippen molar-refractivity contribution in [1.29, 1.82) is 0 Å². The molecule has 2 N–H and O–H groups in total. The number of carbonyl (C=O) groups excluding carboxylic acids is 2. The number of fused-ring (bicyclic) bond motifs is 1. The molecular weight excluding hydrogens is 254 g/mol. The van der Waals surface area contributed by atoms with Crippen molar-refractivity contribution in [2.45, 2.75) is 26.3 Å². The molecule has 0 radical (unpaired) electrons. The van der Waals surface area contributed by atoms with Gasteiger partial charge in [-0.25, -0.2) is 4.79 Å². The zero-order chi connectivity index (χ0) is 14.4. The summed E-state index contributed by atoms with van der Waals surface area (Å²) in [5.41, 5.74) is 2.51. The van der Waals surface area contributed by atoms with Gasteiger partial charge in [-0.3, -0.25) is 4.79 Å². The first kappa shape index (κ1) is 14.4. The maximum atomic E-state index is 12.1. The standard InChI is InChI=1S/C15H21N3O2/c1-2-8-16-15(20)17-10-14(19)18-9-7-12-5-3-4-6-13(12)11-18/h3-6H,2,7-11H2,1H3,(H2,16,17,20). The SMILES string of the molecule is CCCNC(=O)NCC(=O)N1CCc2ccccc2C1. The number of urea groups is 1. The fourth-order valence-corrected chi connectivity index (χ4v) is 2.28. The molecule has 0 unspecified atom stereocenters. The molecule has 0 aliphatic carbocycles. The molecule has 1 heterocycles. The Labute approximate surface area is 119 Å². The van der Waals surface area contributed by atoms with E-state index in [2.05, 4.69) is 22.8 Å². The van der Waals surface area contributed by atoms with Crippen molar-refractivity contribution in [3.63, 3.8) is 0 Å². The van der Waals surface area contributed by atoms with E-state index in [4.69, 9.17) is 0 Å². The molecule has 5 heteroatoms. The summed E-state index contributed by atoms with van der Waals surface area (Å²) in [5, 5.41) is 5.28. The molecule has 5 nitrogen and oxygen atoms in total. The van der Waals surface area contributed by atoms with E-state index in [1.54, 1.807) is 4.90 Å². The molecule has 0 spiro atoms. The van der Waals surface area contributed by atoms with Gasteiger partial charge in [-0.15, -0.1) is 0 Å². The first-order valence-corrected chi connectivity index (χ1v) is 7.07. The lowest BCUT2D eigenvalue weighted by atomic mass is 10.00. The van der Waals surface area contributed by atoms with E-state index >= 15 is 0 Å². The normalized spacial score (nSPS) is 13.6. The first-order valence-electron chi connectivity index (χ1n) is 7.07. The molecular formula is C15H21N3O2. The molecule has 0 aromatic heterocycles. The van der Waals surface area contributed by atoms with Crippen molar-refractivity contribution in [2.24, 2.45) is 0 Å². The lowest BCUT2D eigenvalue weighted by molar-refractivity contribution is -0.130. The lowest BCUT2D eigenvalue weighted by Crippen LogP contribution is -2.45. The predicted molar refractivity (Wildman–Crippen MR) is 77.3 cm³/mol. The maximum Gasteiger partial charge on any atom is 0.315 e. The van der Waals surface area contributed by atoms with Gasteiger partial charge in [0.15, 0.2) is 0 Å². The van der Waals surface area contributed by atoms with Crippen LogP contribution < -0.4 is 10.6 Å². The highest BCUT2D eigenvalue weighted by Crippen LogP contribution is 2.18. The van der Waals surface area contributed by atoms with Gasteiger partial charge in [-0.2, -0.15) is 0 Å². The molecule has 3 amide bonds. The molecule has 2 rings (SSSR count). The second kappa shape index (κ2) is 6.93. The van der Waals surface area contributed by atoms with Crippen LogP contribution in [-0.2, 0) is 17.8 Å². The largest absolute Gasteiger partial charge is 0.338 e. The number of nitrogens with one attached hydrogen (secondary N) is 2. The minimum atomic E-state index is -0.280. The number of benzene rings is 1. The summed E-state index contributed by atoms with van der Waals surface area (Å²) in [6, 6.07) is 7.89. The Bertz CT molecular complexity index is 488. The van der Waals surface area contributed by atoms with Crippen LogP contribution in [0.1, 0.15) is 24.5 Å². The number of rotatable bonds is 4. The fourth-order valence-electron chi connectivity index (χ4n) is 2.28. The molecule has 20 heavy (non-hydrogen) atoms. The first-order chi connectivity index (χ1) is 9.70. The fraction of sp³-hybridized carbons (Fsp3) is 0.467. The minimum Gasteiger partial charge on any atom is -0.338 e. The second-order valence-corrected chi connectivity index (χ2v) is 4.94. The Balaban J connectivity index is 1.81. The van der Waals surface area contributed by atoms with Gasteiger partial charge in [0, 0.05) is 19.6 Å². The highest BCUT2D eigenvalue weighted by molar-refractivity contribution is 5.84. The molecule has 108 valence electrons. The van der Waals surface area contributed by atoms with Crippen LogP contribution in [0.4, 0.5) is 4.79 Å². The summed E-state index contributed by atoms with van der Waals surface area (Å²) >= 11 is 0. The highest BCUT2D eigenvalue weighted by Gasteiger charge is 2.20. The molecule has 1 aliphatic rings. The molecule has 1 aliphatic heterocycles. The van der Waals surface area contributed by atoms with E-state index in [9.17, 15) is 9.59 Å². The van der Waals surface area contributed by atoms with Crippen molar-refractivity contribution in [1.82, 2.24) is 15.5 Å². The molecule has 0 fully saturated rings. The Morgan fingerprint density at radius 3 is 2.70 bits per heavy atom. The Hall–Kier alpha value is -2.04. The predicted octanol–water partition coefficient (Wildman–Crippen LogP) is 1.28. The van der Waals surface area contributed by atoms with E-state index in [0.717, 1.165) is 12.8 Å². The van der Waals surface area contributed by atoms with Gasteiger partial charge in [0.2, 0.25) is 5.91 Å². The molecule has 1 aromatic carbocycles. The number of hydrogen-bond acceptors (Lipinski definition) is 2. The van der Waals surface area contributed by atoms with E-state index in [-0.39, 0.29) is 18.5 Å². The summed E-state index contributed by atoms with van der Waals surface area (Å²) < 4.78 is 0. The average molecular weight is 275 g/mol. The van der Waals surface area contributed by atoms with Crippen molar-refractivity contribution in [2.75, 3.05) is 19.6 Å². The van der Waals surface area contributed by atoms with Crippen molar-refractivity contribution in [3.05, 3.63) is 35.4 Å². The van der Waals surface area contributed by atoms with Crippen LogP contribution in [0.2, 0.25) is 0 Å². The smallest absolute Gasteiger partial charge is 0.315 e. The van der Waals surface area contributed by atoms with Gasteiger partial charge in [-0.05, 0) is 24.0 Å². The van der Waals surface area contributed by atoms with E-state index in [0.29, 0.717) is 19.6 Å². The van der Waals surface area contributed by atoms with E-state index in [1.165, 1.54) is 11.1 Å². The third-order valence-corrected chi connectivity index (χ3v) is 3.42. The van der Waals surface area contributed by atoms with Crippen LogP contribution in [-0.4, -0.2) is 36.5 Å². The number of amides is 3. The van der Waals surface area contributed by atoms with Crippen molar-refractivity contribution in [3.8, 4) is 0 Å². The highest BCUT2D eigenvalue weighted by atomic mass is 16.2. The molecule has 0 saturated carbocycles. The van der Waals surface area contributed by atoms with Crippen molar-refractivity contribution < 1.29 is 9.59 Å². The summed E-state index contributed by atoms with van der Waals surface area (Å²) in [6.07, 6.45) is 1.76. The number of nitrogens with zero attached hydrogens (tertiary/aromatic N) is 1. The monoisotopic (exact) mass is 275 g/mol. The van der Waals surface area contributed by atoms with Crippen LogP contribution in [0.3, 0.4) is 0 Å². The van der Waals surface area contributed by atoms with Crippen LogP contribution in [0, 0.1) is 0 Å². The molecule has 1 aromatic rings. The Morgan fingerprint density at radius 1 is 1.20 bits per heavy atom. The maximum absolute atomic E-state index is 12.1. The summed E-state index contributed by atoms with van der Waals surface area (Å²) in [4.78, 5) is 25.3. The van der Waals surface area contributed by atoms with Crippen LogP contribution in [0.15, 0.2) is 24.3 Å². The molecule has 0 atom stereocenters. The molecule has 0 saturated heterocycles. The quantitative estimate of drug-likeness (QED) is 0.869. The van der Waals surface area contributed by atoms with E-state index in [1.807, 2.05) is 19.1 Å². The lowest BCUT2D eigenvalue weighted by Gasteiger charge is -2.29. The zero-order valence-electron chi connectivity index (χ0n) is 11.8. The second-order valence-electron chi connectivity index (χ2n) is 4.94. The Kier molecular flexibility index (Phi) is 4.98. The summed E-state index contributed by atoms with van der Waals surface area (Å²) in [6.45, 7) is 4.01. The van der Waals surface area contributed by atoms with Crippen LogP contribution >= 0.6 is 0 Å². The van der Waals surface area contributed by atoms with Gasteiger partial charge in [-0.1, -0.05) is 31.2 Å². The molecule has 0 bridgehead atoms. The third-order valence-electron chi connectivity index (χ3n) is 3.42. The van der Waals surface area contributed by atoms with Crippen LogP contribution in [0.25, 0.3) is 0 Å². The van der Waals surface area contributed by atoms with Gasteiger partial charge in [0.05, 0.1) is 6.54 Å². The summed E-state index contributed by atoms with van der Waals surface area (Å²) in [7, 11) is 0. The van der Waals surface area contributed by atoms with Crippen molar-refractivity contribution >= 4 is 11.9 Å². The Morgan fingerprint density at radius 2 is 1.95 bits per heavy atom. The van der Waals surface area contributed by atoms with Gasteiger partial charge in [0.1, 0.15) is 0 Å². The van der Waals surface area contributed by atoms with Crippen LogP contribution in [0.5, 0.6) is 0 Å². The van der Waals surface area contributed by atoms with Gasteiger partial charge in [0.25, 0.3) is 0 Å². The topological polar surface area (TPSA) is 61.4 Å². The minimum absolute atomic E-state index is 0.0360. The average Bonchev–Trinajstić information content (AvgIpc) is 2.50. The van der Waals surface area contributed by atoms with E-state index < -0.39 is 0 Å². The number of hydrogen-bond donors (Lipinski definition) is 2. The third kappa shape index (κ3) is 3.73. The van der Waals surface area contributed by atoms with Gasteiger partial charge < -0.3 is 15.5 Å². The zero-order valence-corrected chi connectivity index (χ0v) is 11.8. The van der Waals surface area contributed by atoms with Gasteiger partial charge >= 0.3 is 6.03 Å².